The number of thioether (sulfide) groups is 1. The molecule has 2 atom stereocenters. The number of rotatable bonds is 7. The van der Waals surface area contributed by atoms with Crippen molar-refractivity contribution in [2.75, 3.05) is 24.5 Å². The third-order valence-electron chi connectivity index (χ3n) is 6.00. The van der Waals surface area contributed by atoms with E-state index >= 15 is 0 Å². The van der Waals surface area contributed by atoms with Gasteiger partial charge in [-0.3, -0.25) is 19.1 Å². The normalized spacial score (nSPS) is 22.2. The molecule has 0 spiro atoms. The van der Waals surface area contributed by atoms with Gasteiger partial charge >= 0.3 is 0 Å². The average Bonchev–Trinajstić information content (AvgIpc) is 3.01. The molecule has 7 nitrogen and oxygen atoms in total. The molecule has 0 aromatic carbocycles. The Kier molecular flexibility index (Phi) is 8.61. The summed E-state index contributed by atoms with van der Waals surface area (Å²) in [5.74, 6) is 0.922. The summed E-state index contributed by atoms with van der Waals surface area (Å²) in [5.41, 5.74) is 1.17. The van der Waals surface area contributed by atoms with Crippen molar-refractivity contribution in [3.05, 3.63) is 31.9 Å². The average molecular weight is 503 g/mol. The first-order valence-electron chi connectivity index (χ1n) is 11.9. The van der Waals surface area contributed by atoms with Crippen LogP contribution in [0.1, 0.15) is 64.2 Å². The summed E-state index contributed by atoms with van der Waals surface area (Å²) in [4.78, 5) is 30.9. The van der Waals surface area contributed by atoms with Crippen LogP contribution in [0.5, 0.6) is 0 Å². The van der Waals surface area contributed by atoms with Crippen molar-refractivity contribution < 1.29 is 9.53 Å². The van der Waals surface area contributed by atoms with E-state index in [0.717, 1.165) is 24.2 Å². The maximum absolute atomic E-state index is 13.4. The van der Waals surface area contributed by atoms with Crippen molar-refractivity contribution in [3.8, 4) is 6.07 Å². The lowest BCUT2D eigenvalue weighted by atomic mass is 10.0. The second-order valence-electron chi connectivity index (χ2n) is 9.51. The summed E-state index contributed by atoms with van der Waals surface area (Å²) in [7, 11) is 0. The highest BCUT2D eigenvalue weighted by Gasteiger charge is 2.34. The minimum absolute atomic E-state index is 0.00784. The summed E-state index contributed by atoms with van der Waals surface area (Å²) < 4.78 is 8.20. The molecular formula is C25H34N4O3S2. The molecule has 2 saturated heterocycles. The number of thiocarbonyl (C=S) groups is 1. The standard InChI is InChI=1S/C25H34N4O3S2/c1-7-8-9-28-22(27-13-16(4)32-17(5)14-27)19(18(6)20(11-26)23(28)30)10-21-24(31)29(12-15(2)3)25(33)34-21/h10,15-17H,7-9,12-14H2,1-6H3. The van der Waals surface area contributed by atoms with Gasteiger partial charge in [0.05, 0.1) is 17.1 Å². The van der Waals surface area contributed by atoms with Gasteiger partial charge in [-0.2, -0.15) is 5.26 Å². The van der Waals surface area contributed by atoms with E-state index in [1.165, 1.54) is 11.8 Å². The molecule has 1 amide bonds. The van der Waals surface area contributed by atoms with E-state index in [4.69, 9.17) is 17.0 Å². The SMILES string of the molecule is CCCCn1c(N2CC(C)OC(C)C2)c(C=C2SC(=S)N(CC(C)C)C2=O)c(C)c(C#N)c1=O. The van der Waals surface area contributed by atoms with Gasteiger partial charge in [-0.1, -0.05) is 51.2 Å². The van der Waals surface area contributed by atoms with Gasteiger partial charge in [0.1, 0.15) is 21.8 Å². The Hall–Kier alpha value is -2.15. The molecule has 184 valence electrons. The quantitative estimate of drug-likeness (QED) is 0.406. The predicted octanol–water partition coefficient (Wildman–Crippen LogP) is 4.30. The number of pyridine rings is 1. The number of nitriles is 1. The first-order valence-corrected chi connectivity index (χ1v) is 13.1. The monoisotopic (exact) mass is 502 g/mol. The lowest BCUT2D eigenvalue weighted by molar-refractivity contribution is -0.122. The molecule has 3 rings (SSSR count). The third kappa shape index (κ3) is 5.40. The number of hydrogen-bond acceptors (Lipinski definition) is 7. The smallest absolute Gasteiger partial charge is 0.270 e. The number of nitrogens with zero attached hydrogens (tertiary/aromatic N) is 4. The fourth-order valence-electron chi connectivity index (χ4n) is 4.51. The van der Waals surface area contributed by atoms with E-state index in [1.807, 2.05) is 33.8 Å². The number of carbonyl (C=O) groups is 1. The van der Waals surface area contributed by atoms with E-state index in [1.54, 1.807) is 16.4 Å². The van der Waals surface area contributed by atoms with Crippen LogP contribution in [0, 0.1) is 24.2 Å². The van der Waals surface area contributed by atoms with Crippen molar-refractivity contribution >= 4 is 46.1 Å². The molecule has 3 heterocycles. The first-order chi connectivity index (χ1) is 16.1. The van der Waals surface area contributed by atoms with Crippen molar-refractivity contribution in [2.24, 2.45) is 5.92 Å². The molecule has 2 fully saturated rings. The largest absolute Gasteiger partial charge is 0.372 e. The van der Waals surface area contributed by atoms with E-state index in [0.29, 0.717) is 41.0 Å². The van der Waals surface area contributed by atoms with Gasteiger partial charge < -0.3 is 9.64 Å². The Morgan fingerprint density at radius 1 is 1.26 bits per heavy atom. The van der Waals surface area contributed by atoms with Gasteiger partial charge in [0.25, 0.3) is 11.5 Å². The van der Waals surface area contributed by atoms with Crippen LogP contribution in [-0.4, -0.2) is 51.5 Å². The van der Waals surface area contributed by atoms with Gasteiger partial charge in [0.15, 0.2) is 0 Å². The molecule has 2 aliphatic heterocycles. The summed E-state index contributed by atoms with van der Waals surface area (Å²) in [6.07, 6.45) is 3.54. The molecule has 34 heavy (non-hydrogen) atoms. The molecule has 0 aliphatic carbocycles. The minimum atomic E-state index is -0.278. The van der Waals surface area contributed by atoms with Gasteiger partial charge in [-0.25, -0.2) is 0 Å². The molecule has 0 bridgehead atoms. The van der Waals surface area contributed by atoms with Crippen LogP contribution in [0.3, 0.4) is 0 Å². The molecule has 2 aliphatic rings. The van der Waals surface area contributed by atoms with Gasteiger partial charge in [-0.15, -0.1) is 0 Å². The first kappa shape index (κ1) is 26.5. The van der Waals surface area contributed by atoms with Crippen LogP contribution in [0.15, 0.2) is 9.70 Å². The fourth-order valence-corrected chi connectivity index (χ4v) is 5.77. The zero-order valence-electron chi connectivity index (χ0n) is 20.9. The summed E-state index contributed by atoms with van der Waals surface area (Å²) in [6.45, 7) is 14.3. The molecule has 9 heteroatoms. The number of aromatic nitrogens is 1. The number of ether oxygens (including phenoxy) is 1. The summed E-state index contributed by atoms with van der Waals surface area (Å²) in [6, 6.07) is 2.11. The molecular weight excluding hydrogens is 468 g/mol. The van der Waals surface area contributed by atoms with Crippen molar-refractivity contribution in [3.63, 3.8) is 0 Å². The van der Waals surface area contributed by atoms with Crippen molar-refractivity contribution in [1.29, 1.82) is 5.26 Å². The number of unbranched alkanes of at least 4 members (excludes halogenated alkanes) is 1. The fraction of sp³-hybridized carbons (Fsp3) is 0.600. The zero-order valence-corrected chi connectivity index (χ0v) is 22.5. The van der Waals surface area contributed by atoms with E-state index in [-0.39, 0.29) is 35.2 Å². The van der Waals surface area contributed by atoms with Gasteiger partial charge in [0, 0.05) is 31.7 Å². The molecule has 0 N–H and O–H groups in total. The second-order valence-corrected chi connectivity index (χ2v) is 11.2. The maximum atomic E-state index is 13.4. The Morgan fingerprint density at radius 2 is 1.91 bits per heavy atom. The molecule has 2 unspecified atom stereocenters. The van der Waals surface area contributed by atoms with Crippen LogP contribution in [0.25, 0.3) is 6.08 Å². The van der Waals surface area contributed by atoms with Crippen LogP contribution in [0.4, 0.5) is 5.82 Å². The highest BCUT2D eigenvalue weighted by molar-refractivity contribution is 8.26. The third-order valence-corrected chi connectivity index (χ3v) is 7.38. The number of anilines is 1. The van der Waals surface area contributed by atoms with Crippen LogP contribution >= 0.6 is 24.0 Å². The maximum Gasteiger partial charge on any atom is 0.270 e. The highest BCUT2D eigenvalue weighted by atomic mass is 32.2. The van der Waals surface area contributed by atoms with Crippen molar-refractivity contribution in [2.45, 2.75) is 73.1 Å². The van der Waals surface area contributed by atoms with Crippen LogP contribution < -0.4 is 10.5 Å². The molecule has 0 radical (unpaired) electrons. The lowest BCUT2D eigenvalue weighted by Gasteiger charge is -2.39. The number of carbonyl (C=O) groups excluding carboxylic acids is 1. The van der Waals surface area contributed by atoms with Gasteiger partial charge in [0.2, 0.25) is 0 Å². The Morgan fingerprint density at radius 3 is 2.47 bits per heavy atom. The highest BCUT2D eigenvalue weighted by Crippen LogP contribution is 2.36. The Labute approximate surface area is 211 Å². The Bertz CT molecular complexity index is 1090. The van der Waals surface area contributed by atoms with E-state index in [9.17, 15) is 14.9 Å². The van der Waals surface area contributed by atoms with Crippen LogP contribution in [0.2, 0.25) is 0 Å². The molecule has 1 aromatic heterocycles. The predicted molar refractivity (Wildman–Crippen MR) is 142 cm³/mol. The topological polar surface area (TPSA) is 78.6 Å². The lowest BCUT2D eigenvalue weighted by Crippen LogP contribution is -2.48. The summed E-state index contributed by atoms with van der Waals surface area (Å²) >= 11 is 6.78. The number of amides is 1. The number of morpholine rings is 1. The molecule has 0 saturated carbocycles. The van der Waals surface area contributed by atoms with Crippen molar-refractivity contribution in [1.82, 2.24) is 9.47 Å². The van der Waals surface area contributed by atoms with E-state index in [2.05, 4.69) is 17.9 Å². The molecule has 1 aromatic rings. The minimum Gasteiger partial charge on any atom is -0.372 e. The van der Waals surface area contributed by atoms with Gasteiger partial charge in [-0.05, 0) is 44.7 Å². The van der Waals surface area contributed by atoms with Crippen LogP contribution in [-0.2, 0) is 16.1 Å². The zero-order chi connectivity index (χ0) is 25.2. The summed E-state index contributed by atoms with van der Waals surface area (Å²) in [5, 5.41) is 9.84. The Balaban J connectivity index is 2.24. The van der Waals surface area contributed by atoms with E-state index < -0.39 is 0 Å². The number of hydrogen-bond donors (Lipinski definition) is 0. The second kappa shape index (κ2) is 11.1.